The molecule has 2 heterocycles. The van der Waals surface area contributed by atoms with Gasteiger partial charge in [0.05, 0.1) is 4.90 Å². The fraction of sp³-hybridized carbons (Fsp3) is 0.400. The van der Waals surface area contributed by atoms with Crippen molar-refractivity contribution in [3.05, 3.63) is 47.8 Å². The van der Waals surface area contributed by atoms with Crippen molar-refractivity contribution in [3.63, 3.8) is 0 Å². The smallest absolute Gasteiger partial charge is 0.243 e. The Hall–Kier alpha value is -1.73. The molecule has 0 amide bonds. The van der Waals surface area contributed by atoms with E-state index in [2.05, 4.69) is 9.97 Å². The van der Waals surface area contributed by atoms with Crippen molar-refractivity contribution >= 4 is 10.0 Å². The Bertz CT molecular complexity index is 751. The minimum absolute atomic E-state index is 0.186. The highest BCUT2D eigenvalue weighted by atomic mass is 32.2. The predicted molar refractivity (Wildman–Crippen MR) is 80.5 cm³/mol. The molecule has 0 unspecified atom stereocenters. The van der Waals surface area contributed by atoms with Gasteiger partial charge in [-0.1, -0.05) is 0 Å². The molecule has 0 atom stereocenters. The molecule has 1 fully saturated rings. The number of benzene rings is 1. The highest BCUT2D eigenvalue weighted by Crippen LogP contribution is 2.29. The molecule has 0 radical (unpaired) electrons. The SMILES string of the molecule is Cc1cc(F)ccc1S(=O)(=O)N1CCC(c2ncc[nH]2)CC1. The Morgan fingerprint density at radius 1 is 1.32 bits per heavy atom. The summed E-state index contributed by atoms with van der Waals surface area (Å²) in [5.74, 6) is 0.749. The molecule has 2 aromatic rings. The minimum atomic E-state index is -3.57. The second-order valence-corrected chi connectivity index (χ2v) is 7.47. The van der Waals surface area contributed by atoms with Crippen molar-refractivity contribution in [2.45, 2.75) is 30.6 Å². The van der Waals surface area contributed by atoms with Crippen LogP contribution >= 0.6 is 0 Å². The third-order valence-electron chi connectivity index (χ3n) is 4.11. The van der Waals surface area contributed by atoms with Crippen molar-refractivity contribution in [1.29, 1.82) is 0 Å². The van der Waals surface area contributed by atoms with Gasteiger partial charge in [0.2, 0.25) is 10.0 Å². The van der Waals surface area contributed by atoms with Crippen LogP contribution in [0.4, 0.5) is 4.39 Å². The van der Waals surface area contributed by atoms with E-state index in [1.54, 1.807) is 19.3 Å². The predicted octanol–water partition coefficient (Wildman–Crippen LogP) is 2.43. The molecule has 1 N–H and O–H groups in total. The number of imidazole rings is 1. The zero-order valence-corrected chi connectivity index (χ0v) is 13.1. The van der Waals surface area contributed by atoms with Crippen LogP contribution in [-0.2, 0) is 10.0 Å². The number of hydrogen-bond donors (Lipinski definition) is 1. The number of piperidine rings is 1. The lowest BCUT2D eigenvalue weighted by Crippen LogP contribution is -2.38. The van der Waals surface area contributed by atoms with Crippen LogP contribution in [0.2, 0.25) is 0 Å². The Morgan fingerprint density at radius 2 is 2.05 bits per heavy atom. The third kappa shape index (κ3) is 2.78. The topological polar surface area (TPSA) is 66.1 Å². The summed E-state index contributed by atoms with van der Waals surface area (Å²) in [7, 11) is -3.57. The number of nitrogens with one attached hydrogen (secondary N) is 1. The lowest BCUT2D eigenvalue weighted by molar-refractivity contribution is 0.314. The standard InChI is InChI=1S/C15H18FN3O2S/c1-11-10-13(16)2-3-14(11)22(20,21)19-8-4-12(5-9-19)15-17-6-7-18-15/h2-3,6-7,10,12H,4-5,8-9H2,1H3,(H,17,18). The first-order valence-corrected chi connectivity index (χ1v) is 8.68. The second-order valence-electron chi connectivity index (χ2n) is 5.56. The van der Waals surface area contributed by atoms with Crippen molar-refractivity contribution in [3.8, 4) is 0 Å². The highest BCUT2D eigenvalue weighted by molar-refractivity contribution is 7.89. The average molecular weight is 323 g/mol. The van der Waals surface area contributed by atoms with E-state index in [-0.39, 0.29) is 10.8 Å². The van der Waals surface area contributed by atoms with Crippen LogP contribution in [0.5, 0.6) is 0 Å². The number of rotatable bonds is 3. The van der Waals surface area contributed by atoms with E-state index in [1.165, 1.54) is 22.5 Å². The molecule has 1 saturated heterocycles. The molecule has 1 aromatic heterocycles. The van der Waals surface area contributed by atoms with E-state index in [9.17, 15) is 12.8 Å². The summed E-state index contributed by atoms with van der Waals surface area (Å²) >= 11 is 0. The van der Waals surface area contributed by atoms with Gasteiger partial charge in [0.25, 0.3) is 0 Å². The van der Waals surface area contributed by atoms with Crippen LogP contribution in [0, 0.1) is 12.7 Å². The molecule has 1 aromatic carbocycles. The number of aromatic amines is 1. The minimum Gasteiger partial charge on any atom is -0.348 e. The van der Waals surface area contributed by atoms with E-state index < -0.39 is 15.8 Å². The maximum Gasteiger partial charge on any atom is 0.243 e. The Kier molecular flexibility index (Phi) is 4.01. The van der Waals surface area contributed by atoms with Crippen molar-refractivity contribution in [2.75, 3.05) is 13.1 Å². The van der Waals surface area contributed by atoms with Crippen LogP contribution in [0.15, 0.2) is 35.5 Å². The molecule has 0 bridgehead atoms. The van der Waals surface area contributed by atoms with Crippen LogP contribution < -0.4 is 0 Å². The van der Waals surface area contributed by atoms with Crippen LogP contribution in [-0.4, -0.2) is 35.8 Å². The maximum absolute atomic E-state index is 13.2. The molecule has 3 rings (SSSR count). The molecule has 7 heteroatoms. The van der Waals surface area contributed by atoms with E-state index in [4.69, 9.17) is 0 Å². The summed E-state index contributed by atoms with van der Waals surface area (Å²) < 4.78 is 40.0. The Morgan fingerprint density at radius 3 is 2.64 bits per heavy atom. The van der Waals surface area contributed by atoms with Crippen LogP contribution in [0.3, 0.4) is 0 Å². The normalized spacial score (nSPS) is 17.7. The molecule has 22 heavy (non-hydrogen) atoms. The summed E-state index contributed by atoms with van der Waals surface area (Å²) in [6.45, 7) is 2.51. The summed E-state index contributed by atoms with van der Waals surface area (Å²) in [5.41, 5.74) is 0.438. The maximum atomic E-state index is 13.2. The molecule has 0 spiro atoms. The summed E-state index contributed by atoms with van der Waals surface area (Å²) in [5, 5.41) is 0. The van der Waals surface area contributed by atoms with Crippen molar-refractivity contribution < 1.29 is 12.8 Å². The van der Waals surface area contributed by atoms with Crippen LogP contribution in [0.25, 0.3) is 0 Å². The van der Waals surface area contributed by atoms with Crippen LogP contribution in [0.1, 0.15) is 30.1 Å². The fourth-order valence-corrected chi connectivity index (χ4v) is 4.59. The van der Waals surface area contributed by atoms with Crippen molar-refractivity contribution in [1.82, 2.24) is 14.3 Å². The third-order valence-corrected chi connectivity index (χ3v) is 6.17. The van der Waals surface area contributed by atoms with Gasteiger partial charge in [-0.25, -0.2) is 17.8 Å². The van der Waals surface area contributed by atoms with Gasteiger partial charge in [0.15, 0.2) is 0 Å². The van der Waals surface area contributed by atoms with Gasteiger partial charge in [-0.15, -0.1) is 0 Å². The van der Waals surface area contributed by atoms with Gasteiger partial charge in [-0.3, -0.25) is 0 Å². The first-order valence-electron chi connectivity index (χ1n) is 7.24. The number of hydrogen-bond acceptors (Lipinski definition) is 3. The largest absolute Gasteiger partial charge is 0.348 e. The van der Waals surface area contributed by atoms with E-state index >= 15 is 0 Å². The Balaban J connectivity index is 1.77. The first-order chi connectivity index (χ1) is 10.5. The molecule has 0 saturated carbocycles. The Labute approximate surface area is 129 Å². The number of H-pyrrole nitrogens is 1. The zero-order valence-electron chi connectivity index (χ0n) is 12.3. The van der Waals surface area contributed by atoms with Gasteiger partial charge in [-0.05, 0) is 43.5 Å². The van der Waals surface area contributed by atoms with E-state index in [1.807, 2.05) is 0 Å². The number of aryl methyl sites for hydroxylation is 1. The van der Waals surface area contributed by atoms with Gasteiger partial charge >= 0.3 is 0 Å². The molecular formula is C15H18FN3O2S. The molecule has 5 nitrogen and oxygen atoms in total. The molecular weight excluding hydrogens is 305 g/mol. The summed E-state index contributed by atoms with van der Waals surface area (Å²) in [6.07, 6.45) is 4.95. The van der Waals surface area contributed by atoms with Crippen molar-refractivity contribution in [2.24, 2.45) is 0 Å². The number of aromatic nitrogens is 2. The summed E-state index contributed by atoms with van der Waals surface area (Å²) in [4.78, 5) is 7.52. The molecule has 1 aliphatic heterocycles. The first kappa shape index (κ1) is 15.2. The number of sulfonamides is 1. The quantitative estimate of drug-likeness (QED) is 0.943. The summed E-state index contributed by atoms with van der Waals surface area (Å²) in [6, 6.07) is 3.79. The molecule has 0 aliphatic carbocycles. The molecule has 118 valence electrons. The monoisotopic (exact) mass is 323 g/mol. The van der Waals surface area contributed by atoms with E-state index in [0.29, 0.717) is 18.7 Å². The van der Waals surface area contributed by atoms with Gasteiger partial charge < -0.3 is 4.98 Å². The van der Waals surface area contributed by atoms with E-state index in [0.717, 1.165) is 18.7 Å². The number of nitrogens with zero attached hydrogens (tertiary/aromatic N) is 2. The lowest BCUT2D eigenvalue weighted by atomic mass is 9.98. The highest BCUT2D eigenvalue weighted by Gasteiger charge is 2.31. The lowest BCUT2D eigenvalue weighted by Gasteiger charge is -2.30. The average Bonchev–Trinajstić information content (AvgIpc) is 3.01. The fourth-order valence-electron chi connectivity index (χ4n) is 2.91. The number of halogens is 1. The van der Waals surface area contributed by atoms with Gasteiger partial charge in [0.1, 0.15) is 11.6 Å². The zero-order chi connectivity index (χ0) is 15.7. The second kappa shape index (κ2) is 5.81. The molecule has 1 aliphatic rings. The van der Waals surface area contributed by atoms with Gasteiger partial charge in [-0.2, -0.15) is 4.31 Å². The van der Waals surface area contributed by atoms with Gasteiger partial charge in [0, 0.05) is 31.4 Å².